The van der Waals surface area contributed by atoms with E-state index in [1.165, 1.54) is 0 Å². The predicted molar refractivity (Wildman–Crippen MR) is 104 cm³/mol. The van der Waals surface area contributed by atoms with Gasteiger partial charge in [-0.1, -0.05) is 26.0 Å². The third kappa shape index (κ3) is 3.80. The number of carbonyl (C=O) groups is 1. The molecular formula is C20H32N4O. The maximum absolute atomic E-state index is 12.0. The van der Waals surface area contributed by atoms with Gasteiger partial charge in [0.2, 0.25) is 0 Å². The molecule has 1 aliphatic heterocycles. The fourth-order valence-corrected chi connectivity index (χ4v) is 2.97. The van der Waals surface area contributed by atoms with Crippen LogP contribution in [0.1, 0.15) is 50.5 Å². The first kappa shape index (κ1) is 19.3. The molecule has 1 aliphatic rings. The molecule has 0 aromatic heterocycles. The number of likely N-dealkylation sites (tertiary alicyclic amines) is 1. The van der Waals surface area contributed by atoms with Crippen molar-refractivity contribution >= 4 is 11.9 Å². The molecule has 138 valence electrons. The smallest absolute Gasteiger partial charge is 0.253 e. The summed E-state index contributed by atoms with van der Waals surface area (Å²) < 4.78 is 0. The SMILES string of the molecule is CCNC(=NCc1ccc(C(=O)N(C)C)cc1)N1CC(C)(C)C1(C)C. The number of rotatable bonds is 4. The Morgan fingerprint density at radius 1 is 1.20 bits per heavy atom. The zero-order valence-electron chi connectivity index (χ0n) is 16.7. The lowest BCUT2D eigenvalue weighted by molar-refractivity contribution is -0.0667. The van der Waals surface area contributed by atoms with E-state index in [9.17, 15) is 4.79 Å². The highest BCUT2D eigenvalue weighted by Gasteiger charge is 2.53. The first-order valence-electron chi connectivity index (χ1n) is 8.96. The van der Waals surface area contributed by atoms with Crippen LogP contribution in [0, 0.1) is 5.41 Å². The number of nitrogens with zero attached hydrogens (tertiary/aromatic N) is 3. The normalized spacial score (nSPS) is 18.5. The van der Waals surface area contributed by atoms with Crippen molar-refractivity contribution in [3.05, 3.63) is 35.4 Å². The van der Waals surface area contributed by atoms with Crippen LogP contribution in [0.2, 0.25) is 0 Å². The van der Waals surface area contributed by atoms with E-state index in [-0.39, 0.29) is 16.9 Å². The molecular weight excluding hydrogens is 312 g/mol. The van der Waals surface area contributed by atoms with Crippen LogP contribution >= 0.6 is 0 Å². The molecule has 1 N–H and O–H groups in total. The molecule has 1 aromatic carbocycles. The largest absolute Gasteiger partial charge is 0.356 e. The first-order chi connectivity index (χ1) is 11.6. The van der Waals surface area contributed by atoms with Crippen LogP contribution in [-0.2, 0) is 6.54 Å². The Kier molecular flexibility index (Phi) is 5.45. The fraction of sp³-hybridized carbons (Fsp3) is 0.600. The van der Waals surface area contributed by atoms with Gasteiger partial charge < -0.3 is 15.1 Å². The van der Waals surface area contributed by atoms with Crippen molar-refractivity contribution in [1.82, 2.24) is 15.1 Å². The Labute approximate surface area is 152 Å². The number of benzene rings is 1. The van der Waals surface area contributed by atoms with E-state index < -0.39 is 0 Å². The van der Waals surface area contributed by atoms with Crippen molar-refractivity contribution in [2.45, 2.75) is 46.7 Å². The summed E-state index contributed by atoms with van der Waals surface area (Å²) in [6.45, 7) is 13.7. The van der Waals surface area contributed by atoms with Crippen LogP contribution in [-0.4, -0.2) is 54.4 Å². The Balaban J connectivity index is 2.11. The average molecular weight is 345 g/mol. The first-order valence-corrected chi connectivity index (χ1v) is 8.96. The van der Waals surface area contributed by atoms with E-state index in [2.05, 4.69) is 44.8 Å². The standard InChI is InChI=1S/C20H32N4O/c1-8-21-18(24-14-19(2,3)20(24,4)5)22-13-15-9-11-16(12-10-15)17(25)23(6)7/h9-12H,8,13-14H2,1-7H3,(H,21,22). The lowest BCUT2D eigenvalue weighted by atomic mass is 9.65. The number of aliphatic imine (C=N–C) groups is 1. The molecule has 0 radical (unpaired) electrons. The third-order valence-electron chi connectivity index (χ3n) is 5.49. The second-order valence-electron chi connectivity index (χ2n) is 8.10. The van der Waals surface area contributed by atoms with E-state index >= 15 is 0 Å². The van der Waals surface area contributed by atoms with Crippen LogP contribution < -0.4 is 5.32 Å². The topological polar surface area (TPSA) is 47.9 Å². The monoisotopic (exact) mass is 344 g/mol. The molecule has 5 heteroatoms. The van der Waals surface area contributed by atoms with Crippen molar-refractivity contribution < 1.29 is 4.79 Å². The lowest BCUT2D eigenvalue weighted by Crippen LogP contribution is -2.72. The summed E-state index contributed by atoms with van der Waals surface area (Å²) in [5, 5.41) is 3.41. The van der Waals surface area contributed by atoms with E-state index in [1.54, 1.807) is 19.0 Å². The molecule has 1 amide bonds. The van der Waals surface area contributed by atoms with Gasteiger partial charge in [-0.05, 0) is 38.5 Å². The van der Waals surface area contributed by atoms with Gasteiger partial charge in [0.15, 0.2) is 5.96 Å². The third-order valence-corrected chi connectivity index (χ3v) is 5.49. The summed E-state index contributed by atoms with van der Waals surface area (Å²) in [4.78, 5) is 20.7. The molecule has 2 rings (SSSR count). The molecule has 1 heterocycles. The number of hydrogen-bond acceptors (Lipinski definition) is 2. The maximum Gasteiger partial charge on any atom is 0.253 e. The van der Waals surface area contributed by atoms with Crippen molar-refractivity contribution in [3.8, 4) is 0 Å². The molecule has 25 heavy (non-hydrogen) atoms. The second kappa shape index (κ2) is 7.06. The van der Waals surface area contributed by atoms with Gasteiger partial charge in [0.1, 0.15) is 0 Å². The lowest BCUT2D eigenvalue weighted by Gasteiger charge is -2.62. The van der Waals surface area contributed by atoms with E-state index in [4.69, 9.17) is 4.99 Å². The minimum absolute atomic E-state index is 0.0213. The predicted octanol–water partition coefficient (Wildman–Crippen LogP) is 2.97. The Hall–Kier alpha value is -2.04. The maximum atomic E-state index is 12.0. The number of amides is 1. The molecule has 1 fully saturated rings. The fourth-order valence-electron chi connectivity index (χ4n) is 2.97. The van der Waals surface area contributed by atoms with Crippen LogP contribution in [0.5, 0.6) is 0 Å². The molecule has 0 saturated carbocycles. The molecule has 0 atom stereocenters. The molecule has 1 saturated heterocycles. The van der Waals surface area contributed by atoms with Crippen molar-refractivity contribution in [1.29, 1.82) is 0 Å². The summed E-state index contributed by atoms with van der Waals surface area (Å²) in [5.74, 6) is 0.980. The molecule has 0 spiro atoms. The number of carbonyl (C=O) groups excluding carboxylic acids is 1. The van der Waals surface area contributed by atoms with Crippen LogP contribution in [0.25, 0.3) is 0 Å². The molecule has 5 nitrogen and oxygen atoms in total. The quantitative estimate of drug-likeness (QED) is 0.675. The van der Waals surface area contributed by atoms with Crippen LogP contribution in [0.4, 0.5) is 0 Å². The minimum atomic E-state index is 0.0213. The highest BCUT2D eigenvalue weighted by atomic mass is 16.2. The zero-order valence-corrected chi connectivity index (χ0v) is 16.7. The highest BCUT2D eigenvalue weighted by Crippen LogP contribution is 2.46. The van der Waals surface area contributed by atoms with E-state index in [1.807, 2.05) is 24.3 Å². The summed E-state index contributed by atoms with van der Waals surface area (Å²) >= 11 is 0. The van der Waals surface area contributed by atoms with Crippen LogP contribution in [0.3, 0.4) is 0 Å². The highest BCUT2D eigenvalue weighted by molar-refractivity contribution is 5.93. The zero-order chi connectivity index (χ0) is 18.8. The van der Waals surface area contributed by atoms with Gasteiger partial charge in [0.05, 0.1) is 6.54 Å². The second-order valence-corrected chi connectivity index (χ2v) is 8.10. The molecule has 0 bridgehead atoms. The molecule has 0 aliphatic carbocycles. The molecule has 0 unspecified atom stereocenters. The van der Waals surface area contributed by atoms with E-state index in [0.29, 0.717) is 12.1 Å². The molecule has 1 aromatic rings. The van der Waals surface area contributed by atoms with Gasteiger partial charge in [0, 0.05) is 43.7 Å². The minimum Gasteiger partial charge on any atom is -0.356 e. The summed E-state index contributed by atoms with van der Waals surface area (Å²) in [6, 6.07) is 7.71. The summed E-state index contributed by atoms with van der Waals surface area (Å²) in [6.07, 6.45) is 0. The summed E-state index contributed by atoms with van der Waals surface area (Å²) in [7, 11) is 3.53. The van der Waals surface area contributed by atoms with Crippen molar-refractivity contribution in [2.24, 2.45) is 10.4 Å². The van der Waals surface area contributed by atoms with E-state index in [0.717, 1.165) is 24.6 Å². The number of hydrogen-bond donors (Lipinski definition) is 1. The number of nitrogens with one attached hydrogen (secondary N) is 1. The number of guanidine groups is 1. The Morgan fingerprint density at radius 2 is 1.80 bits per heavy atom. The van der Waals surface area contributed by atoms with Gasteiger partial charge in [-0.2, -0.15) is 0 Å². The van der Waals surface area contributed by atoms with Crippen molar-refractivity contribution in [3.63, 3.8) is 0 Å². The van der Waals surface area contributed by atoms with Gasteiger partial charge in [-0.15, -0.1) is 0 Å². The Morgan fingerprint density at radius 3 is 2.24 bits per heavy atom. The average Bonchev–Trinajstić information content (AvgIpc) is 2.56. The van der Waals surface area contributed by atoms with Gasteiger partial charge >= 0.3 is 0 Å². The van der Waals surface area contributed by atoms with Gasteiger partial charge in [-0.25, -0.2) is 4.99 Å². The van der Waals surface area contributed by atoms with Gasteiger partial charge in [-0.3, -0.25) is 4.79 Å². The summed E-state index contributed by atoms with van der Waals surface area (Å²) in [5.41, 5.74) is 2.16. The van der Waals surface area contributed by atoms with Gasteiger partial charge in [0.25, 0.3) is 5.91 Å². The van der Waals surface area contributed by atoms with Crippen LogP contribution in [0.15, 0.2) is 29.3 Å². The Bertz CT molecular complexity index is 644. The van der Waals surface area contributed by atoms with Crippen molar-refractivity contribution in [2.75, 3.05) is 27.2 Å².